The fourth-order valence-electron chi connectivity index (χ4n) is 3.60. The van der Waals surface area contributed by atoms with E-state index < -0.39 is 10.0 Å². The molecule has 22 heavy (non-hydrogen) atoms. The van der Waals surface area contributed by atoms with Crippen molar-refractivity contribution in [2.45, 2.75) is 31.1 Å². The number of halogens is 1. The van der Waals surface area contributed by atoms with Crippen molar-refractivity contribution in [1.29, 1.82) is 0 Å². The summed E-state index contributed by atoms with van der Waals surface area (Å²) in [5, 5.41) is 0. The van der Waals surface area contributed by atoms with Gasteiger partial charge in [-0.05, 0) is 43.5 Å². The highest BCUT2D eigenvalue weighted by Gasteiger charge is 2.35. The first-order valence-electron chi connectivity index (χ1n) is 7.86. The average Bonchev–Trinajstić information content (AvgIpc) is 2.70. The summed E-state index contributed by atoms with van der Waals surface area (Å²) in [5.74, 6) is 0.0312. The Bertz CT molecular complexity index is 618. The molecule has 3 rings (SSSR count). The third-order valence-electron chi connectivity index (χ3n) is 4.85. The fourth-order valence-corrected chi connectivity index (χ4v) is 5.23. The average molecular weight is 326 g/mol. The normalized spacial score (nSPS) is 27.5. The zero-order valence-corrected chi connectivity index (χ0v) is 13.7. The van der Waals surface area contributed by atoms with E-state index in [0.717, 1.165) is 19.4 Å². The predicted molar refractivity (Wildman–Crippen MR) is 84.4 cm³/mol. The monoisotopic (exact) mass is 326 g/mol. The Kier molecular flexibility index (Phi) is 4.52. The molecule has 0 radical (unpaired) electrons. The van der Waals surface area contributed by atoms with E-state index in [-0.39, 0.29) is 11.6 Å². The van der Waals surface area contributed by atoms with Gasteiger partial charge in [-0.25, -0.2) is 12.8 Å². The number of hydrogen-bond acceptors (Lipinski definition) is 3. The molecule has 2 aliphatic rings. The number of benzene rings is 1. The quantitative estimate of drug-likeness (QED) is 0.854. The maximum atomic E-state index is 13.0. The highest BCUT2D eigenvalue weighted by atomic mass is 32.2. The first-order chi connectivity index (χ1) is 10.4. The van der Waals surface area contributed by atoms with Gasteiger partial charge >= 0.3 is 0 Å². The van der Waals surface area contributed by atoms with Gasteiger partial charge in [-0.15, -0.1) is 0 Å². The Morgan fingerprint density at radius 2 is 1.86 bits per heavy atom. The van der Waals surface area contributed by atoms with Gasteiger partial charge < -0.3 is 4.90 Å². The van der Waals surface area contributed by atoms with Crippen LogP contribution in [-0.2, 0) is 15.8 Å². The van der Waals surface area contributed by atoms with Gasteiger partial charge in [-0.1, -0.05) is 18.6 Å². The Labute approximate surface area is 132 Å². The highest BCUT2D eigenvalue weighted by molar-refractivity contribution is 7.88. The first-order valence-corrected chi connectivity index (χ1v) is 9.47. The molecule has 122 valence electrons. The molecule has 0 unspecified atom stereocenters. The van der Waals surface area contributed by atoms with Gasteiger partial charge in [-0.3, -0.25) is 0 Å². The van der Waals surface area contributed by atoms with Crippen molar-refractivity contribution in [1.82, 2.24) is 9.21 Å². The molecular weight excluding hydrogens is 303 g/mol. The second-order valence-corrected chi connectivity index (χ2v) is 8.56. The van der Waals surface area contributed by atoms with Crippen molar-refractivity contribution >= 4 is 10.0 Å². The molecule has 1 aromatic carbocycles. The minimum absolute atomic E-state index is 0.0452. The molecule has 0 amide bonds. The number of rotatable bonds is 3. The summed E-state index contributed by atoms with van der Waals surface area (Å²) in [7, 11) is -1.26. The molecule has 2 heterocycles. The van der Waals surface area contributed by atoms with Crippen LogP contribution in [0.1, 0.15) is 24.8 Å². The number of sulfonamides is 1. The summed E-state index contributed by atoms with van der Waals surface area (Å²) in [6.07, 6.45) is 3.35. The predicted octanol–water partition coefficient (Wildman–Crippen LogP) is 2.07. The molecule has 0 aromatic heterocycles. The van der Waals surface area contributed by atoms with E-state index in [1.807, 2.05) is 0 Å². The Morgan fingerprint density at radius 3 is 2.59 bits per heavy atom. The molecule has 6 heteroatoms. The summed E-state index contributed by atoms with van der Waals surface area (Å²) in [6, 6.07) is 6.05. The number of nitrogens with zero attached hydrogens (tertiary/aromatic N) is 2. The molecule has 4 nitrogen and oxygen atoms in total. The van der Waals surface area contributed by atoms with Crippen LogP contribution in [0.25, 0.3) is 0 Å². The molecule has 0 aliphatic carbocycles. The summed E-state index contributed by atoms with van der Waals surface area (Å²) < 4.78 is 40.1. The van der Waals surface area contributed by atoms with Crippen LogP contribution in [0, 0.1) is 11.7 Å². The van der Waals surface area contributed by atoms with Crippen LogP contribution >= 0.6 is 0 Å². The smallest absolute Gasteiger partial charge is 0.218 e. The summed E-state index contributed by atoms with van der Waals surface area (Å²) in [5.41, 5.74) is 0.643. The lowest BCUT2D eigenvalue weighted by molar-refractivity contribution is 0.236. The Hall–Kier alpha value is -0.980. The van der Waals surface area contributed by atoms with Crippen molar-refractivity contribution in [3.8, 4) is 0 Å². The molecule has 2 saturated heterocycles. The van der Waals surface area contributed by atoms with E-state index in [4.69, 9.17) is 0 Å². The van der Waals surface area contributed by atoms with Crippen molar-refractivity contribution in [3.63, 3.8) is 0 Å². The Morgan fingerprint density at radius 1 is 1.14 bits per heavy atom. The minimum atomic E-state index is -3.35. The van der Waals surface area contributed by atoms with Crippen molar-refractivity contribution in [2.75, 3.05) is 26.7 Å². The number of hydrogen-bond donors (Lipinski definition) is 0. The van der Waals surface area contributed by atoms with Gasteiger partial charge in [-0.2, -0.15) is 4.31 Å². The second kappa shape index (κ2) is 6.26. The van der Waals surface area contributed by atoms with Gasteiger partial charge in [0, 0.05) is 25.7 Å². The van der Waals surface area contributed by atoms with Crippen LogP contribution in [0.3, 0.4) is 0 Å². The van der Waals surface area contributed by atoms with Crippen LogP contribution in [0.4, 0.5) is 4.39 Å². The fraction of sp³-hybridized carbons (Fsp3) is 0.625. The van der Waals surface area contributed by atoms with Crippen LogP contribution in [0.5, 0.6) is 0 Å². The van der Waals surface area contributed by atoms with E-state index >= 15 is 0 Å². The topological polar surface area (TPSA) is 40.6 Å². The van der Waals surface area contributed by atoms with Gasteiger partial charge in [0.2, 0.25) is 10.0 Å². The maximum Gasteiger partial charge on any atom is 0.218 e. The van der Waals surface area contributed by atoms with E-state index in [1.54, 1.807) is 16.4 Å². The second-order valence-electron chi connectivity index (χ2n) is 6.59. The van der Waals surface area contributed by atoms with Crippen molar-refractivity contribution < 1.29 is 12.8 Å². The summed E-state index contributed by atoms with van der Waals surface area (Å²) >= 11 is 0. The third-order valence-corrected chi connectivity index (χ3v) is 6.63. The minimum Gasteiger partial charge on any atom is -0.302 e. The number of likely N-dealkylation sites (N-methyl/N-ethyl adjacent to an activating group) is 1. The summed E-state index contributed by atoms with van der Waals surface area (Å²) in [6.45, 7) is 2.17. The maximum absolute atomic E-state index is 13.0. The van der Waals surface area contributed by atoms with Crippen LogP contribution in [0.15, 0.2) is 24.3 Å². The SMILES string of the molecule is CN1C[C@@H]2CCC[C@H]1CN(S(=O)(=O)Cc1ccc(F)cc1)C2. The standard InChI is InChI=1S/C16H23FN2O2S/c1-18-9-14-3-2-4-16(18)11-19(10-14)22(20,21)12-13-5-7-15(17)8-6-13/h5-8,14,16H,2-4,9-12H2,1H3/t14-,16-/m0/s1. The van der Waals surface area contributed by atoms with E-state index in [2.05, 4.69) is 11.9 Å². The molecule has 2 aliphatic heterocycles. The molecule has 0 saturated carbocycles. The molecular formula is C16H23FN2O2S. The third kappa shape index (κ3) is 3.50. The van der Waals surface area contributed by atoms with Gasteiger partial charge in [0.05, 0.1) is 5.75 Å². The lowest BCUT2D eigenvalue weighted by atomic mass is 10.0. The Balaban J connectivity index is 1.78. The van der Waals surface area contributed by atoms with Crippen LogP contribution in [-0.4, -0.2) is 50.3 Å². The molecule has 0 spiro atoms. The highest BCUT2D eigenvalue weighted by Crippen LogP contribution is 2.28. The lowest BCUT2D eigenvalue weighted by Gasteiger charge is -2.29. The molecule has 2 atom stereocenters. The molecule has 0 N–H and O–H groups in total. The molecule has 1 aromatic rings. The van der Waals surface area contributed by atoms with Crippen molar-refractivity contribution in [2.24, 2.45) is 5.92 Å². The van der Waals surface area contributed by atoms with E-state index in [9.17, 15) is 12.8 Å². The van der Waals surface area contributed by atoms with Gasteiger partial charge in [0.15, 0.2) is 0 Å². The zero-order valence-electron chi connectivity index (χ0n) is 12.9. The van der Waals surface area contributed by atoms with Gasteiger partial charge in [0.1, 0.15) is 5.82 Å². The van der Waals surface area contributed by atoms with E-state index in [0.29, 0.717) is 30.6 Å². The molecule has 2 fully saturated rings. The van der Waals surface area contributed by atoms with Crippen LogP contribution < -0.4 is 0 Å². The summed E-state index contributed by atoms with van der Waals surface area (Å²) in [4.78, 5) is 2.31. The van der Waals surface area contributed by atoms with Crippen molar-refractivity contribution in [3.05, 3.63) is 35.6 Å². The first kappa shape index (κ1) is 15.9. The van der Waals surface area contributed by atoms with Gasteiger partial charge in [0.25, 0.3) is 0 Å². The largest absolute Gasteiger partial charge is 0.302 e. The number of fused-ring (bicyclic) bond motifs is 3. The lowest BCUT2D eigenvalue weighted by Crippen LogP contribution is -2.42. The zero-order chi connectivity index (χ0) is 15.7. The molecule has 2 bridgehead atoms. The van der Waals surface area contributed by atoms with Crippen LogP contribution in [0.2, 0.25) is 0 Å². The van der Waals surface area contributed by atoms with E-state index in [1.165, 1.54) is 18.6 Å².